The van der Waals surface area contributed by atoms with Gasteiger partial charge in [0, 0.05) is 29.3 Å². The van der Waals surface area contributed by atoms with Crippen LogP contribution in [0.5, 0.6) is 5.75 Å². The number of ether oxygens (including phenoxy) is 3. The number of nitrogens with one attached hydrogen (secondary N) is 2. The summed E-state index contributed by atoms with van der Waals surface area (Å²) in [5.74, 6) is -3.39. The van der Waals surface area contributed by atoms with Crippen molar-refractivity contribution in [3.8, 4) is 5.75 Å². The molecule has 0 aliphatic heterocycles. The molecule has 1 saturated carbocycles. The number of rotatable bonds is 15. The molecule has 2 aromatic rings. The third-order valence-electron chi connectivity index (χ3n) is 6.31. The van der Waals surface area contributed by atoms with Crippen LogP contribution in [0.4, 0.5) is 30.2 Å². The van der Waals surface area contributed by atoms with Crippen molar-refractivity contribution in [3.63, 3.8) is 0 Å². The fraction of sp³-hybridized carbons (Fsp3) is 0.480. The first-order valence-electron chi connectivity index (χ1n) is 11.6. The van der Waals surface area contributed by atoms with E-state index < -0.39 is 53.4 Å². The van der Waals surface area contributed by atoms with Gasteiger partial charge in [0.15, 0.2) is 11.6 Å². The smallest absolute Gasteiger partial charge is 0.184 e. The molecule has 1 aliphatic rings. The molecule has 3 atom stereocenters. The average Bonchev–Trinajstić information content (AvgIpc) is 3.64. The number of hydrogen-bond acceptors (Lipinski definition) is 8. The molecule has 8 nitrogen and oxygen atoms in total. The van der Waals surface area contributed by atoms with E-state index in [0.717, 1.165) is 6.07 Å². The molecule has 0 amide bonds. The van der Waals surface area contributed by atoms with E-state index in [1.165, 1.54) is 26.4 Å². The monoisotopic (exact) mass is 638 g/mol. The first-order valence-corrected chi connectivity index (χ1v) is 12.7. The van der Waals surface area contributed by atoms with Crippen LogP contribution in [0, 0.1) is 26.4 Å². The molecule has 204 valence electrons. The lowest BCUT2D eigenvalue weighted by atomic mass is 9.87. The predicted molar refractivity (Wildman–Crippen MR) is 140 cm³/mol. The van der Waals surface area contributed by atoms with Crippen LogP contribution >= 0.6 is 22.6 Å². The number of hydrogen-bond donors (Lipinski definition) is 4. The number of carbonyl (C=O) groups excluding carboxylic acids is 1. The number of aliphatic hydroxyl groups excluding tert-OH is 2. The molecule has 12 heteroatoms. The Balaban J connectivity index is 2.05. The standard InChI is InChI=1S/C25H30F3IN2O6/c1-35-7-8-37-20-10-17(27)21(28)23(30-18-4-3-14(29)9-16(18)26)22(20)31-19(13-33)24(36-2)25(5-6-25)11-15(34)12-32/h3-4,9-10,13,15,19,24,30-32,34H,5-8,11-12H2,1-2H3. The van der Waals surface area contributed by atoms with Crippen molar-refractivity contribution in [2.45, 2.75) is 37.5 Å². The maximum absolute atomic E-state index is 15.2. The van der Waals surface area contributed by atoms with Crippen molar-refractivity contribution >= 4 is 45.9 Å². The van der Waals surface area contributed by atoms with Gasteiger partial charge in [-0.2, -0.15) is 0 Å². The Morgan fingerprint density at radius 3 is 2.43 bits per heavy atom. The summed E-state index contributed by atoms with van der Waals surface area (Å²) in [7, 11) is 2.84. The van der Waals surface area contributed by atoms with Crippen molar-refractivity contribution < 1.29 is 42.4 Å². The van der Waals surface area contributed by atoms with Crippen LogP contribution in [0.2, 0.25) is 0 Å². The molecule has 37 heavy (non-hydrogen) atoms. The maximum Gasteiger partial charge on any atom is 0.184 e. The van der Waals surface area contributed by atoms with E-state index >= 15 is 4.39 Å². The molecule has 0 radical (unpaired) electrons. The highest BCUT2D eigenvalue weighted by atomic mass is 127. The van der Waals surface area contributed by atoms with E-state index in [1.54, 1.807) is 6.07 Å². The SMILES string of the molecule is COCCOc1cc(F)c(F)c(Nc2ccc(I)cc2F)c1NC(C=O)C(OC)C1(CC(O)CO)CC1. The van der Waals surface area contributed by atoms with Crippen molar-refractivity contribution in [2.75, 3.05) is 44.7 Å². The van der Waals surface area contributed by atoms with Gasteiger partial charge in [-0.3, -0.25) is 0 Å². The number of carbonyl (C=O) groups is 1. The summed E-state index contributed by atoms with van der Waals surface area (Å²) in [5.41, 5.74) is -1.31. The first-order chi connectivity index (χ1) is 17.7. The molecule has 3 rings (SSSR count). The molecular weight excluding hydrogens is 608 g/mol. The lowest BCUT2D eigenvalue weighted by molar-refractivity contribution is -0.113. The van der Waals surface area contributed by atoms with Gasteiger partial charge in [-0.05, 0) is 60.1 Å². The van der Waals surface area contributed by atoms with E-state index in [0.29, 0.717) is 22.7 Å². The molecule has 3 unspecified atom stereocenters. The van der Waals surface area contributed by atoms with Gasteiger partial charge in [-0.15, -0.1) is 0 Å². The van der Waals surface area contributed by atoms with Gasteiger partial charge in [-0.1, -0.05) is 0 Å². The van der Waals surface area contributed by atoms with Crippen LogP contribution in [-0.4, -0.2) is 68.8 Å². The number of aldehydes is 1. The molecular formula is C25H30F3IN2O6. The number of benzene rings is 2. The Kier molecular flexibility index (Phi) is 10.4. The van der Waals surface area contributed by atoms with Gasteiger partial charge in [0.1, 0.15) is 41.9 Å². The summed E-state index contributed by atoms with van der Waals surface area (Å²) in [6, 6.07) is 3.93. The molecule has 0 bridgehead atoms. The number of methoxy groups -OCH3 is 2. The summed E-state index contributed by atoms with van der Waals surface area (Å²) in [6.07, 6.45) is 0.209. The second kappa shape index (κ2) is 13.1. The molecule has 4 N–H and O–H groups in total. The molecule has 0 saturated heterocycles. The van der Waals surface area contributed by atoms with Gasteiger partial charge in [0.25, 0.3) is 0 Å². The maximum atomic E-state index is 15.2. The van der Waals surface area contributed by atoms with Gasteiger partial charge in [0.2, 0.25) is 0 Å². The lowest BCUT2D eigenvalue weighted by Gasteiger charge is -2.33. The fourth-order valence-electron chi connectivity index (χ4n) is 4.36. The molecule has 1 aliphatic carbocycles. The van der Waals surface area contributed by atoms with Gasteiger partial charge < -0.3 is 39.9 Å². The summed E-state index contributed by atoms with van der Waals surface area (Å²) < 4.78 is 61.2. The molecule has 0 aromatic heterocycles. The van der Waals surface area contributed by atoms with Crippen LogP contribution in [-0.2, 0) is 14.3 Å². The van der Waals surface area contributed by atoms with Gasteiger partial charge in [0.05, 0.1) is 31.1 Å². The number of aliphatic hydroxyl groups is 2. The second-order valence-electron chi connectivity index (χ2n) is 8.88. The Labute approximate surface area is 226 Å². The van der Waals surface area contributed by atoms with E-state index in [1.807, 2.05) is 22.6 Å². The Morgan fingerprint density at radius 2 is 1.86 bits per heavy atom. The molecule has 1 fully saturated rings. The topological polar surface area (TPSA) is 109 Å². The summed E-state index contributed by atoms with van der Waals surface area (Å²) >= 11 is 1.92. The molecule has 0 heterocycles. The Bertz CT molecular complexity index is 1090. The highest BCUT2D eigenvalue weighted by Crippen LogP contribution is 2.54. The summed E-state index contributed by atoms with van der Waals surface area (Å²) in [5, 5.41) is 24.8. The predicted octanol–water partition coefficient (Wildman–Crippen LogP) is 4.00. The van der Waals surface area contributed by atoms with Crippen LogP contribution in [0.1, 0.15) is 19.3 Å². The fourth-order valence-corrected chi connectivity index (χ4v) is 4.82. The summed E-state index contributed by atoms with van der Waals surface area (Å²) in [6.45, 7) is -0.319. The third-order valence-corrected chi connectivity index (χ3v) is 6.98. The van der Waals surface area contributed by atoms with E-state index in [4.69, 9.17) is 14.2 Å². The minimum absolute atomic E-state index is 0.0142. The highest BCUT2D eigenvalue weighted by molar-refractivity contribution is 14.1. The number of halogens is 4. The molecule has 0 spiro atoms. The minimum atomic E-state index is -1.31. The zero-order valence-electron chi connectivity index (χ0n) is 20.4. The normalized spacial score (nSPS) is 16.5. The zero-order chi connectivity index (χ0) is 27.2. The largest absolute Gasteiger partial charge is 0.489 e. The van der Waals surface area contributed by atoms with E-state index in [9.17, 15) is 23.8 Å². The number of anilines is 3. The second-order valence-corrected chi connectivity index (χ2v) is 10.1. The third kappa shape index (κ3) is 7.05. The quantitative estimate of drug-likeness (QED) is 0.132. The Hall–Kier alpha value is -2.13. The van der Waals surface area contributed by atoms with Gasteiger partial charge >= 0.3 is 0 Å². The minimum Gasteiger partial charge on any atom is -0.489 e. The van der Waals surface area contributed by atoms with E-state index in [2.05, 4.69) is 10.6 Å². The lowest BCUT2D eigenvalue weighted by Crippen LogP contribution is -2.44. The van der Waals surface area contributed by atoms with Crippen LogP contribution in [0.15, 0.2) is 24.3 Å². The zero-order valence-corrected chi connectivity index (χ0v) is 22.6. The van der Waals surface area contributed by atoms with Crippen molar-refractivity contribution in [2.24, 2.45) is 5.41 Å². The van der Waals surface area contributed by atoms with Crippen molar-refractivity contribution in [3.05, 3.63) is 45.3 Å². The Morgan fingerprint density at radius 1 is 1.14 bits per heavy atom. The van der Waals surface area contributed by atoms with Crippen LogP contribution in [0.3, 0.4) is 0 Å². The van der Waals surface area contributed by atoms with Gasteiger partial charge in [-0.25, -0.2) is 13.2 Å². The molecule has 2 aromatic carbocycles. The van der Waals surface area contributed by atoms with Crippen LogP contribution in [0.25, 0.3) is 0 Å². The van der Waals surface area contributed by atoms with Crippen LogP contribution < -0.4 is 15.4 Å². The average molecular weight is 638 g/mol. The first kappa shape index (κ1) is 29.4. The van der Waals surface area contributed by atoms with E-state index in [-0.39, 0.29) is 36.8 Å². The van der Waals surface area contributed by atoms with Crippen molar-refractivity contribution in [1.29, 1.82) is 0 Å². The highest BCUT2D eigenvalue weighted by Gasteiger charge is 2.53. The summed E-state index contributed by atoms with van der Waals surface area (Å²) in [4.78, 5) is 12.3. The van der Waals surface area contributed by atoms with Crippen molar-refractivity contribution in [1.82, 2.24) is 0 Å².